The average molecular weight is 346 g/mol. The Balaban J connectivity index is 1.96. The predicted molar refractivity (Wildman–Crippen MR) is 99.6 cm³/mol. The molecule has 0 saturated heterocycles. The first kappa shape index (κ1) is 16.1. The Hall–Kier alpha value is -3.34. The van der Waals surface area contributed by atoms with Crippen molar-refractivity contribution in [3.05, 3.63) is 72.3 Å². The zero-order chi connectivity index (χ0) is 17.9. The molecule has 0 atom stereocenters. The third kappa shape index (κ3) is 2.88. The number of fused-ring (bicyclic) bond motifs is 1. The highest BCUT2D eigenvalue weighted by Crippen LogP contribution is 2.37. The Morgan fingerprint density at radius 1 is 0.846 bits per heavy atom. The minimum atomic E-state index is 0.557. The number of ether oxygens (including phenoxy) is 2. The Labute approximate surface area is 151 Å². The molecule has 0 aliphatic carbocycles. The first-order valence-corrected chi connectivity index (χ1v) is 8.29. The monoisotopic (exact) mass is 346 g/mol. The number of furan rings is 1. The number of nitrogens with zero attached hydrogens (tertiary/aromatic N) is 2. The van der Waals surface area contributed by atoms with Gasteiger partial charge in [0.25, 0.3) is 0 Å². The largest absolute Gasteiger partial charge is 0.493 e. The van der Waals surface area contributed by atoms with Gasteiger partial charge in [0.1, 0.15) is 11.5 Å². The minimum absolute atomic E-state index is 0.557. The molecule has 130 valence electrons. The molecule has 4 aromatic rings. The summed E-state index contributed by atoms with van der Waals surface area (Å²) >= 11 is 0. The van der Waals surface area contributed by atoms with Crippen molar-refractivity contribution in [2.75, 3.05) is 14.2 Å². The summed E-state index contributed by atoms with van der Waals surface area (Å²) in [5.41, 5.74) is 2.64. The molecule has 0 radical (unpaired) electrons. The van der Waals surface area contributed by atoms with E-state index in [9.17, 15) is 0 Å². The highest BCUT2D eigenvalue weighted by Gasteiger charge is 2.16. The van der Waals surface area contributed by atoms with E-state index in [1.165, 1.54) is 0 Å². The van der Waals surface area contributed by atoms with E-state index >= 15 is 0 Å². The molecule has 0 spiro atoms. The highest BCUT2D eigenvalue weighted by atomic mass is 16.5. The molecule has 5 heteroatoms. The number of rotatable bonds is 5. The van der Waals surface area contributed by atoms with E-state index in [2.05, 4.69) is 10.2 Å². The lowest BCUT2D eigenvalue weighted by Crippen LogP contribution is -2.00. The van der Waals surface area contributed by atoms with Crippen LogP contribution in [0.4, 0.5) is 0 Å². The smallest absolute Gasteiger partial charge is 0.161 e. The molecule has 0 aliphatic heterocycles. The zero-order valence-corrected chi connectivity index (χ0v) is 14.6. The second kappa shape index (κ2) is 6.88. The third-order valence-electron chi connectivity index (χ3n) is 4.33. The molecule has 0 unspecified atom stereocenters. The van der Waals surface area contributed by atoms with Crippen molar-refractivity contribution in [2.24, 2.45) is 0 Å². The Morgan fingerprint density at radius 3 is 2.23 bits per heavy atom. The van der Waals surface area contributed by atoms with Crippen molar-refractivity contribution in [1.29, 1.82) is 0 Å². The maximum Gasteiger partial charge on any atom is 0.161 e. The second-order valence-electron chi connectivity index (χ2n) is 5.87. The lowest BCUT2D eigenvalue weighted by molar-refractivity contribution is 0.356. The fourth-order valence-electron chi connectivity index (χ4n) is 3.05. The molecule has 2 aromatic heterocycles. The Kier molecular flexibility index (Phi) is 4.27. The predicted octanol–water partition coefficient (Wildman–Crippen LogP) is 4.50. The van der Waals surface area contributed by atoms with E-state index in [-0.39, 0.29) is 0 Å². The molecular formula is C21H18N2O3. The van der Waals surface area contributed by atoms with Crippen LogP contribution in [-0.2, 0) is 6.42 Å². The molecule has 0 saturated carbocycles. The van der Waals surface area contributed by atoms with Gasteiger partial charge >= 0.3 is 0 Å². The van der Waals surface area contributed by atoms with Crippen LogP contribution in [0.2, 0.25) is 0 Å². The summed E-state index contributed by atoms with van der Waals surface area (Å²) in [6.07, 6.45) is 2.22. The zero-order valence-electron chi connectivity index (χ0n) is 14.6. The van der Waals surface area contributed by atoms with Gasteiger partial charge in [-0.15, -0.1) is 5.10 Å². The fourth-order valence-corrected chi connectivity index (χ4v) is 3.05. The van der Waals surface area contributed by atoms with Gasteiger partial charge in [-0.2, -0.15) is 5.10 Å². The number of hydrogen-bond acceptors (Lipinski definition) is 5. The summed E-state index contributed by atoms with van der Waals surface area (Å²) in [4.78, 5) is 0. The van der Waals surface area contributed by atoms with Crippen molar-refractivity contribution >= 4 is 10.8 Å². The fraction of sp³-hybridized carbons (Fsp3) is 0.143. The van der Waals surface area contributed by atoms with Crippen molar-refractivity contribution in [3.63, 3.8) is 0 Å². The maximum atomic E-state index is 5.49. The first-order valence-electron chi connectivity index (χ1n) is 8.29. The van der Waals surface area contributed by atoms with Crippen molar-refractivity contribution in [3.8, 4) is 22.8 Å². The van der Waals surface area contributed by atoms with Crippen LogP contribution in [0.25, 0.3) is 22.0 Å². The van der Waals surface area contributed by atoms with Crippen LogP contribution < -0.4 is 9.47 Å². The summed E-state index contributed by atoms with van der Waals surface area (Å²) in [5, 5.41) is 10.9. The summed E-state index contributed by atoms with van der Waals surface area (Å²) < 4.78 is 16.5. The molecule has 0 amide bonds. The van der Waals surface area contributed by atoms with E-state index in [1.807, 2.05) is 54.6 Å². The van der Waals surface area contributed by atoms with Crippen LogP contribution in [-0.4, -0.2) is 24.4 Å². The molecule has 0 fully saturated rings. The average Bonchev–Trinajstić information content (AvgIpc) is 3.21. The van der Waals surface area contributed by atoms with Gasteiger partial charge < -0.3 is 13.9 Å². The van der Waals surface area contributed by atoms with E-state index in [0.717, 1.165) is 33.5 Å². The van der Waals surface area contributed by atoms with Gasteiger partial charge in [-0.25, -0.2) is 0 Å². The van der Waals surface area contributed by atoms with Crippen LogP contribution in [0, 0.1) is 0 Å². The van der Waals surface area contributed by atoms with Gasteiger partial charge in [0.2, 0.25) is 0 Å². The van der Waals surface area contributed by atoms with Gasteiger partial charge in [-0.05, 0) is 24.3 Å². The van der Waals surface area contributed by atoms with E-state index in [1.54, 1.807) is 20.5 Å². The quantitative estimate of drug-likeness (QED) is 0.532. The van der Waals surface area contributed by atoms with Crippen LogP contribution in [0.1, 0.15) is 11.5 Å². The highest BCUT2D eigenvalue weighted by molar-refractivity contribution is 5.97. The topological polar surface area (TPSA) is 57.4 Å². The molecule has 5 nitrogen and oxygen atoms in total. The molecule has 0 bridgehead atoms. The standard InChI is InChI=1S/C21H18N2O3/c1-24-19-12-16-17(13-20(19)25-2)21(14-7-4-3-5-8-14)23-22-18(16)11-15-9-6-10-26-15/h3-10,12-13H,11H2,1-2H3. The maximum absolute atomic E-state index is 5.49. The summed E-state index contributed by atoms with van der Waals surface area (Å²) in [6, 6.07) is 17.7. The van der Waals surface area contributed by atoms with Crippen LogP contribution >= 0.6 is 0 Å². The lowest BCUT2D eigenvalue weighted by Gasteiger charge is -2.13. The SMILES string of the molecule is COc1cc2c(Cc3ccco3)nnc(-c3ccccc3)c2cc1OC. The van der Waals surface area contributed by atoms with E-state index < -0.39 is 0 Å². The molecule has 26 heavy (non-hydrogen) atoms. The third-order valence-corrected chi connectivity index (χ3v) is 4.33. The number of aromatic nitrogens is 2. The van der Waals surface area contributed by atoms with Crippen molar-refractivity contribution in [2.45, 2.75) is 6.42 Å². The van der Waals surface area contributed by atoms with E-state index in [0.29, 0.717) is 17.9 Å². The summed E-state index contributed by atoms with van der Waals surface area (Å²) in [6.45, 7) is 0. The second-order valence-corrected chi connectivity index (χ2v) is 5.87. The Bertz CT molecular complexity index is 1030. The summed E-state index contributed by atoms with van der Waals surface area (Å²) in [7, 11) is 3.26. The molecule has 2 heterocycles. The lowest BCUT2D eigenvalue weighted by atomic mass is 10.0. The van der Waals surface area contributed by atoms with Crippen LogP contribution in [0.3, 0.4) is 0 Å². The molecule has 0 N–H and O–H groups in total. The molecule has 0 aliphatic rings. The number of benzene rings is 2. The van der Waals surface area contributed by atoms with Crippen LogP contribution in [0.5, 0.6) is 11.5 Å². The molecule has 2 aromatic carbocycles. The van der Waals surface area contributed by atoms with Crippen LogP contribution in [0.15, 0.2) is 65.3 Å². The van der Waals surface area contributed by atoms with Gasteiger partial charge in [0.05, 0.1) is 32.6 Å². The molecular weight excluding hydrogens is 328 g/mol. The van der Waals surface area contributed by atoms with Gasteiger partial charge in [0.15, 0.2) is 11.5 Å². The number of methoxy groups -OCH3 is 2. The normalized spacial score (nSPS) is 10.8. The summed E-state index contributed by atoms with van der Waals surface area (Å²) in [5.74, 6) is 2.16. The van der Waals surface area contributed by atoms with Gasteiger partial charge in [-0.1, -0.05) is 30.3 Å². The minimum Gasteiger partial charge on any atom is -0.493 e. The first-order chi connectivity index (χ1) is 12.8. The van der Waals surface area contributed by atoms with Gasteiger partial charge in [0, 0.05) is 16.3 Å². The van der Waals surface area contributed by atoms with Crippen molar-refractivity contribution in [1.82, 2.24) is 10.2 Å². The Morgan fingerprint density at radius 2 is 1.58 bits per heavy atom. The number of hydrogen-bond donors (Lipinski definition) is 0. The van der Waals surface area contributed by atoms with Gasteiger partial charge in [-0.3, -0.25) is 0 Å². The van der Waals surface area contributed by atoms with E-state index in [4.69, 9.17) is 13.9 Å². The molecule has 4 rings (SSSR count). The van der Waals surface area contributed by atoms with Crippen molar-refractivity contribution < 1.29 is 13.9 Å².